The highest BCUT2D eigenvalue weighted by Gasteiger charge is 2.18. The van der Waals surface area contributed by atoms with Crippen molar-refractivity contribution in [3.8, 4) is 5.69 Å². The first-order chi connectivity index (χ1) is 13.9. The lowest BCUT2D eigenvalue weighted by Gasteiger charge is -2.12. The van der Waals surface area contributed by atoms with Gasteiger partial charge in [-0.25, -0.2) is 17.8 Å². The number of para-hydroxylation sites is 1. The van der Waals surface area contributed by atoms with E-state index in [0.29, 0.717) is 22.4 Å². The highest BCUT2D eigenvalue weighted by atomic mass is 32.2. The fourth-order valence-corrected chi connectivity index (χ4v) is 4.24. The van der Waals surface area contributed by atoms with E-state index in [2.05, 4.69) is 9.71 Å². The van der Waals surface area contributed by atoms with E-state index in [-0.39, 0.29) is 11.2 Å². The van der Waals surface area contributed by atoms with E-state index in [1.54, 1.807) is 37.3 Å². The Morgan fingerprint density at radius 1 is 0.931 bits per heavy atom. The SMILES string of the molecule is Cc1nc2ccccc2c(=O)n1-c1ccc(NS(=O)(=O)c2ccccc2F)cc1. The Hall–Kier alpha value is -3.52. The zero-order valence-electron chi connectivity index (χ0n) is 15.3. The Morgan fingerprint density at radius 2 is 1.59 bits per heavy atom. The summed E-state index contributed by atoms with van der Waals surface area (Å²) in [6, 6.07) is 18.4. The van der Waals surface area contributed by atoms with Crippen LogP contribution in [0.5, 0.6) is 0 Å². The lowest BCUT2D eigenvalue weighted by molar-refractivity contribution is 0.570. The molecule has 4 rings (SSSR count). The number of nitrogens with one attached hydrogen (secondary N) is 1. The van der Waals surface area contributed by atoms with E-state index in [1.807, 2.05) is 6.07 Å². The maximum Gasteiger partial charge on any atom is 0.265 e. The largest absolute Gasteiger partial charge is 0.280 e. The zero-order chi connectivity index (χ0) is 20.6. The van der Waals surface area contributed by atoms with E-state index in [0.717, 1.165) is 6.07 Å². The predicted octanol–water partition coefficient (Wildman–Crippen LogP) is 3.63. The molecule has 8 heteroatoms. The molecule has 0 radical (unpaired) electrons. The van der Waals surface area contributed by atoms with Crippen LogP contribution in [0.3, 0.4) is 0 Å². The standard InChI is InChI=1S/C21H16FN3O3S/c1-14-23-19-8-4-2-6-17(19)21(26)25(14)16-12-10-15(11-13-16)24-29(27,28)20-9-5-3-7-18(20)22/h2-13,24H,1H3. The number of benzene rings is 3. The Morgan fingerprint density at radius 3 is 2.31 bits per heavy atom. The number of hydrogen-bond donors (Lipinski definition) is 1. The molecule has 29 heavy (non-hydrogen) atoms. The summed E-state index contributed by atoms with van der Waals surface area (Å²) in [5.41, 5.74) is 1.18. The minimum Gasteiger partial charge on any atom is -0.280 e. The number of sulfonamides is 1. The third kappa shape index (κ3) is 3.50. The molecule has 1 aromatic heterocycles. The van der Waals surface area contributed by atoms with E-state index in [1.165, 1.54) is 34.9 Å². The molecule has 0 bridgehead atoms. The van der Waals surface area contributed by atoms with Crippen LogP contribution in [0, 0.1) is 12.7 Å². The predicted molar refractivity (Wildman–Crippen MR) is 109 cm³/mol. The topological polar surface area (TPSA) is 81.1 Å². The van der Waals surface area contributed by atoms with Crippen molar-refractivity contribution in [1.82, 2.24) is 9.55 Å². The van der Waals surface area contributed by atoms with Gasteiger partial charge >= 0.3 is 0 Å². The van der Waals surface area contributed by atoms with E-state index in [4.69, 9.17) is 0 Å². The van der Waals surface area contributed by atoms with Crippen molar-refractivity contribution in [3.63, 3.8) is 0 Å². The van der Waals surface area contributed by atoms with Gasteiger partial charge in [-0.15, -0.1) is 0 Å². The van der Waals surface area contributed by atoms with E-state index >= 15 is 0 Å². The van der Waals surface area contributed by atoms with Gasteiger partial charge in [0.15, 0.2) is 0 Å². The summed E-state index contributed by atoms with van der Waals surface area (Å²) in [5, 5.41) is 0.488. The van der Waals surface area contributed by atoms with Gasteiger partial charge in [-0.3, -0.25) is 14.1 Å². The average Bonchev–Trinajstić information content (AvgIpc) is 2.69. The van der Waals surface area contributed by atoms with Crippen molar-refractivity contribution in [1.29, 1.82) is 0 Å². The molecule has 1 heterocycles. The highest BCUT2D eigenvalue weighted by molar-refractivity contribution is 7.92. The lowest BCUT2D eigenvalue weighted by atomic mass is 10.2. The van der Waals surface area contributed by atoms with Crippen molar-refractivity contribution in [2.45, 2.75) is 11.8 Å². The van der Waals surface area contributed by atoms with Crippen LogP contribution in [-0.4, -0.2) is 18.0 Å². The maximum absolute atomic E-state index is 13.8. The molecule has 0 spiro atoms. The van der Waals surface area contributed by atoms with Crippen molar-refractivity contribution in [2.75, 3.05) is 4.72 Å². The van der Waals surface area contributed by atoms with E-state index < -0.39 is 20.7 Å². The molecule has 1 N–H and O–H groups in total. The summed E-state index contributed by atoms with van der Waals surface area (Å²) in [7, 11) is -4.07. The molecule has 0 saturated heterocycles. The molecule has 4 aromatic rings. The van der Waals surface area contributed by atoms with Crippen molar-refractivity contribution >= 4 is 26.6 Å². The van der Waals surface area contributed by atoms with Gasteiger partial charge in [-0.1, -0.05) is 24.3 Å². The second-order valence-electron chi connectivity index (χ2n) is 6.40. The molecule has 0 aliphatic rings. The smallest absolute Gasteiger partial charge is 0.265 e. The Labute approximate surface area is 166 Å². The summed E-state index contributed by atoms with van der Waals surface area (Å²) >= 11 is 0. The van der Waals surface area contributed by atoms with Gasteiger partial charge in [0.2, 0.25) is 0 Å². The van der Waals surface area contributed by atoms with Crippen LogP contribution in [-0.2, 0) is 10.0 Å². The van der Waals surface area contributed by atoms with E-state index in [9.17, 15) is 17.6 Å². The number of halogens is 1. The molecule has 0 fully saturated rings. The van der Waals surface area contributed by atoms with Gasteiger partial charge < -0.3 is 0 Å². The first-order valence-corrected chi connectivity index (χ1v) is 10.2. The molecule has 0 atom stereocenters. The van der Waals surface area contributed by atoms with Crippen LogP contribution < -0.4 is 10.3 Å². The molecule has 146 valence electrons. The fourth-order valence-electron chi connectivity index (χ4n) is 3.10. The monoisotopic (exact) mass is 409 g/mol. The van der Waals surface area contributed by atoms with Crippen LogP contribution >= 0.6 is 0 Å². The van der Waals surface area contributed by atoms with Crippen LogP contribution in [0.1, 0.15) is 5.82 Å². The van der Waals surface area contributed by atoms with Crippen LogP contribution in [0.25, 0.3) is 16.6 Å². The Kier molecular flexibility index (Phi) is 4.63. The van der Waals surface area contributed by atoms with Gasteiger partial charge in [0.1, 0.15) is 16.5 Å². The molecule has 0 unspecified atom stereocenters. The minimum absolute atomic E-state index is 0.215. The molecule has 6 nitrogen and oxygen atoms in total. The lowest BCUT2D eigenvalue weighted by Crippen LogP contribution is -2.22. The molecule has 0 aliphatic heterocycles. The first-order valence-electron chi connectivity index (χ1n) is 8.73. The van der Waals surface area contributed by atoms with Crippen molar-refractivity contribution < 1.29 is 12.8 Å². The molecule has 0 amide bonds. The maximum atomic E-state index is 13.8. The summed E-state index contributed by atoms with van der Waals surface area (Å²) in [5.74, 6) is -0.325. The second-order valence-corrected chi connectivity index (χ2v) is 8.05. The van der Waals surface area contributed by atoms with Crippen LogP contribution in [0.2, 0.25) is 0 Å². The van der Waals surface area contributed by atoms with Gasteiger partial charge in [-0.2, -0.15) is 0 Å². The third-order valence-electron chi connectivity index (χ3n) is 4.45. The normalized spacial score (nSPS) is 11.5. The van der Waals surface area contributed by atoms with Crippen molar-refractivity contribution in [3.05, 3.63) is 94.8 Å². The quantitative estimate of drug-likeness (QED) is 0.558. The first kappa shape index (κ1) is 18.8. The molecular weight excluding hydrogens is 393 g/mol. The number of aromatic nitrogens is 2. The number of rotatable bonds is 4. The van der Waals surface area contributed by atoms with Gasteiger partial charge in [0, 0.05) is 5.69 Å². The zero-order valence-corrected chi connectivity index (χ0v) is 16.2. The highest BCUT2D eigenvalue weighted by Crippen LogP contribution is 2.20. The van der Waals surface area contributed by atoms with Gasteiger partial charge in [-0.05, 0) is 55.5 Å². The van der Waals surface area contributed by atoms with Gasteiger partial charge in [0.25, 0.3) is 15.6 Å². The van der Waals surface area contributed by atoms with Crippen LogP contribution in [0.4, 0.5) is 10.1 Å². The summed E-state index contributed by atoms with van der Waals surface area (Å²) < 4.78 is 42.5. The number of fused-ring (bicyclic) bond motifs is 1. The Balaban J connectivity index is 1.70. The number of anilines is 1. The third-order valence-corrected chi connectivity index (χ3v) is 5.86. The molecule has 3 aromatic carbocycles. The number of aryl methyl sites for hydroxylation is 1. The summed E-state index contributed by atoms with van der Waals surface area (Å²) in [4.78, 5) is 16.9. The molecule has 0 saturated carbocycles. The number of nitrogens with zero attached hydrogens (tertiary/aromatic N) is 2. The van der Waals surface area contributed by atoms with Gasteiger partial charge in [0.05, 0.1) is 16.6 Å². The van der Waals surface area contributed by atoms with Crippen LogP contribution in [0.15, 0.2) is 82.5 Å². The minimum atomic E-state index is -4.07. The second kappa shape index (κ2) is 7.14. The molecular formula is C21H16FN3O3S. The summed E-state index contributed by atoms with van der Waals surface area (Å²) in [6.45, 7) is 1.72. The van der Waals surface area contributed by atoms with Crippen molar-refractivity contribution in [2.24, 2.45) is 0 Å². The number of hydrogen-bond acceptors (Lipinski definition) is 4. The molecule has 0 aliphatic carbocycles. The summed E-state index contributed by atoms with van der Waals surface area (Å²) in [6.07, 6.45) is 0. The Bertz CT molecular complexity index is 1380. The fraction of sp³-hybridized carbons (Fsp3) is 0.0476. The average molecular weight is 409 g/mol.